The van der Waals surface area contributed by atoms with Crippen molar-refractivity contribution in [2.75, 3.05) is 17.7 Å². The molecule has 17 heteroatoms. The van der Waals surface area contributed by atoms with Crippen LogP contribution >= 0.6 is 12.0 Å². The zero-order chi connectivity index (χ0) is 27.2. The van der Waals surface area contributed by atoms with E-state index in [1.165, 1.54) is 31.2 Å². The van der Waals surface area contributed by atoms with Gasteiger partial charge in [0.05, 0.1) is 39.9 Å². The highest BCUT2D eigenvalue weighted by atomic mass is 32.3. The third kappa shape index (κ3) is 7.91. The number of azo groups is 1. The van der Waals surface area contributed by atoms with Gasteiger partial charge in [-0.25, -0.2) is 17.9 Å². The van der Waals surface area contributed by atoms with Crippen LogP contribution in [0.2, 0.25) is 0 Å². The molecule has 0 aliphatic rings. The molecule has 0 bridgehead atoms. The minimum Gasteiger partial charge on any atom is -0.505 e. The Labute approximate surface area is 214 Å². The third-order valence-electron chi connectivity index (χ3n) is 4.57. The number of phenolic OH excluding ortho intramolecular Hbond substituents is 1. The summed E-state index contributed by atoms with van der Waals surface area (Å²) in [6.07, 6.45) is 0. The van der Waals surface area contributed by atoms with E-state index in [0.29, 0.717) is 28.5 Å². The van der Waals surface area contributed by atoms with Gasteiger partial charge >= 0.3 is 10.4 Å². The molecule has 4 N–H and O–H groups in total. The molecule has 198 valence electrons. The maximum absolute atomic E-state index is 12.3. The topological polar surface area (TPSA) is 210 Å². The van der Waals surface area contributed by atoms with Crippen molar-refractivity contribution in [2.24, 2.45) is 10.2 Å². The van der Waals surface area contributed by atoms with E-state index in [1.54, 1.807) is 24.3 Å². The van der Waals surface area contributed by atoms with Crippen LogP contribution in [-0.2, 0) is 38.6 Å². The normalized spacial score (nSPS) is 12.3. The van der Waals surface area contributed by atoms with Crippen molar-refractivity contribution in [1.82, 2.24) is 0 Å². The number of hydrogen-bond acceptors (Lipinski definition) is 13. The third-order valence-corrected chi connectivity index (χ3v) is 7.35. The SMILES string of the molecule is CC(=O)Nc1ccc2c(O)c(N=Nc3ccc(S(=O)(=O)CCOS(=O)(=O)O)cc3)c(SOOO)cc2c1. The Hall–Kier alpha value is -3.16. The van der Waals surface area contributed by atoms with Crippen LogP contribution in [0, 0.1) is 0 Å². The molecule has 0 heterocycles. The zero-order valence-electron chi connectivity index (χ0n) is 18.8. The molecule has 0 saturated carbocycles. The Balaban J connectivity index is 1.89. The molecule has 0 aromatic heterocycles. The number of hydrogen-bond donors (Lipinski definition) is 4. The Bertz CT molecular complexity index is 1540. The summed E-state index contributed by atoms with van der Waals surface area (Å²) < 4.78 is 62.8. The fourth-order valence-corrected chi connectivity index (χ4v) is 5.02. The van der Waals surface area contributed by atoms with Gasteiger partial charge in [-0.2, -0.15) is 13.5 Å². The van der Waals surface area contributed by atoms with Crippen molar-refractivity contribution in [2.45, 2.75) is 16.7 Å². The number of fused-ring (bicyclic) bond motifs is 1. The Morgan fingerprint density at radius 1 is 1.05 bits per heavy atom. The second kappa shape index (κ2) is 11.9. The molecule has 0 atom stereocenters. The van der Waals surface area contributed by atoms with Gasteiger partial charge in [0.2, 0.25) is 5.91 Å². The lowest BCUT2D eigenvalue weighted by Crippen LogP contribution is -2.15. The average molecular weight is 574 g/mol. The lowest BCUT2D eigenvalue weighted by atomic mass is 10.1. The van der Waals surface area contributed by atoms with Crippen LogP contribution in [0.25, 0.3) is 10.8 Å². The van der Waals surface area contributed by atoms with Crippen LogP contribution in [0.3, 0.4) is 0 Å². The van der Waals surface area contributed by atoms with E-state index in [9.17, 15) is 26.7 Å². The van der Waals surface area contributed by atoms with E-state index in [2.05, 4.69) is 29.1 Å². The van der Waals surface area contributed by atoms with Crippen LogP contribution in [0.4, 0.5) is 17.1 Å². The number of phenols is 1. The molecule has 0 radical (unpaired) electrons. The van der Waals surface area contributed by atoms with E-state index in [-0.39, 0.29) is 32.8 Å². The summed E-state index contributed by atoms with van der Waals surface area (Å²) in [4.78, 5) is 11.4. The van der Waals surface area contributed by atoms with Crippen LogP contribution in [0.5, 0.6) is 5.75 Å². The first-order valence-electron chi connectivity index (χ1n) is 9.98. The second-order valence-corrected chi connectivity index (χ2v) is 11.1. The maximum Gasteiger partial charge on any atom is 0.397 e. The lowest BCUT2D eigenvalue weighted by Gasteiger charge is -2.10. The number of rotatable bonds is 11. The number of nitrogens with zero attached hydrogens (tertiary/aromatic N) is 2. The van der Waals surface area contributed by atoms with Crippen LogP contribution in [0.1, 0.15) is 6.92 Å². The number of anilines is 1. The van der Waals surface area contributed by atoms with E-state index < -0.39 is 32.6 Å². The molecule has 14 nitrogen and oxygen atoms in total. The minimum atomic E-state index is -4.76. The van der Waals surface area contributed by atoms with Gasteiger partial charge in [0.15, 0.2) is 15.6 Å². The highest BCUT2D eigenvalue weighted by molar-refractivity contribution is 7.94. The standard InChI is InChI=1S/C20H19N3O11S3/c1-12(24)21-15-4-7-17-13(10-15)11-18(35-34-33-26)19(20(17)25)23-22-14-2-5-16(6-3-14)36(27,28)9-8-32-37(29,30)31/h2-7,10-11,25-26H,8-9H2,1H3,(H,21,24)(H,29,30,31). The first-order chi connectivity index (χ1) is 17.4. The summed E-state index contributed by atoms with van der Waals surface area (Å²) in [7, 11) is -8.69. The number of benzene rings is 3. The fourth-order valence-electron chi connectivity index (χ4n) is 3.04. The minimum absolute atomic E-state index is 0.0547. The number of amides is 1. The molecule has 3 aromatic rings. The number of carbonyl (C=O) groups excluding carboxylic acids is 1. The molecular formula is C20H19N3O11S3. The Morgan fingerprint density at radius 3 is 2.38 bits per heavy atom. The molecule has 1 amide bonds. The zero-order valence-corrected chi connectivity index (χ0v) is 21.2. The van der Waals surface area contributed by atoms with Crippen molar-refractivity contribution < 1.29 is 50.1 Å². The summed E-state index contributed by atoms with van der Waals surface area (Å²) >= 11 is 0.521. The smallest absolute Gasteiger partial charge is 0.397 e. The van der Waals surface area contributed by atoms with Crippen molar-refractivity contribution in [3.63, 3.8) is 0 Å². The van der Waals surface area contributed by atoms with E-state index in [0.717, 1.165) is 0 Å². The molecule has 0 saturated heterocycles. The van der Waals surface area contributed by atoms with Crippen molar-refractivity contribution >= 4 is 66.0 Å². The molecule has 3 aromatic carbocycles. The van der Waals surface area contributed by atoms with E-state index >= 15 is 0 Å². The monoisotopic (exact) mass is 573 g/mol. The van der Waals surface area contributed by atoms with Crippen molar-refractivity contribution in [3.05, 3.63) is 48.5 Å². The quantitative estimate of drug-likeness (QED) is 0.0844. The van der Waals surface area contributed by atoms with Crippen molar-refractivity contribution in [3.8, 4) is 5.75 Å². The predicted octanol–water partition coefficient (Wildman–Crippen LogP) is 3.94. The van der Waals surface area contributed by atoms with Crippen LogP contribution in [0.15, 0.2) is 68.6 Å². The summed E-state index contributed by atoms with van der Waals surface area (Å²) in [6, 6.07) is 11.3. The Morgan fingerprint density at radius 2 is 1.76 bits per heavy atom. The van der Waals surface area contributed by atoms with Gasteiger partial charge in [-0.05, 0) is 53.9 Å². The first kappa shape index (κ1) is 28.4. The molecular weight excluding hydrogens is 554 g/mol. The highest BCUT2D eigenvalue weighted by Crippen LogP contribution is 2.44. The molecule has 37 heavy (non-hydrogen) atoms. The van der Waals surface area contributed by atoms with Crippen LogP contribution < -0.4 is 5.32 Å². The number of sulfone groups is 1. The van der Waals surface area contributed by atoms with Gasteiger partial charge in [-0.15, -0.1) is 9.45 Å². The molecule has 0 aliphatic carbocycles. The van der Waals surface area contributed by atoms with Gasteiger partial charge in [-0.1, -0.05) is 5.04 Å². The second-order valence-electron chi connectivity index (χ2n) is 7.18. The lowest BCUT2D eigenvalue weighted by molar-refractivity contribution is -0.432. The van der Waals surface area contributed by atoms with Gasteiger partial charge < -0.3 is 10.4 Å². The van der Waals surface area contributed by atoms with Gasteiger partial charge in [0.25, 0.3) is 0 Å². The fraction of sp³-hybridized carbons (Fsp3) is 0.150. The van der Waals surface area contributed by atoms with E-state index in [1.807, 2.05) is 0 Å². The van der Waals surface area contributed by atoms with Crippen molar-refractivity contribution in [1.29, 1.82) is 0 Å². The first-order valence-corrected chi connectivity index (χ1v) is 13.7. The average Bonchev–Trinajstić information content (AvgIpc) is 2.81. The maximum atomic E-state index is 12.3. The van der Waals surface area contributed by atoms with Gasteiger partial charge in [0.1, 0.15) is 5.69 Å². The summed E-state index contributed by atoms with van der Waals surface area (Å²) in [5.41, 5.74) is 0.619. The molecule has 0 unspecified atom stereocenters. The van der Waals surface area contributed by atoms with Gasteiger partial charge in [0, 0.05) is 18.0 Å². The highest BCUT2D eigenvalue weighted by Gasteiger charge is 2.18. The number of nitrogens with one attached hydrogen (secondary N) is 1. The van der Waals surface area contributed by atoms with Gasteiger partial charge in [-0.3, -0.25) is 9.35 Å². The molecule has 0 aliphatic heterocycles. The molecule has 0 spiro atoms. The Kier molecular flexibility index (Phi) is 9.16. The summed E-state index contributed by atoms with van der Waals surface area (Å²) in [5.74, 6) is -1.28. The van der Waals surface area contributed by atoms with Crippen LogP contribution in [-0.4, -0.2) is 50.0 Å². The van der Waals surface area contributed by atoms with E-state index in [4.69, 9.17) is 9.81 Å². The number of aromatic hydroxyl groups is 1. The predicted molar refractivity (Wildman–Crippen MR) is 131 cm³/mol. The summed E-state index contributed by atoms with van der Waals surface area (Å²) in [6.45, 7) is 0.579. The number of carbonyl (C=O) groups is 1. The molecule has 0 fully saturated rings. The summed E-state index contributed by atoms with van der Waals surface area (Å²) in [5, 5.41) is 34.5. The molecule has 3 rings (SSSR count). The largest absolute Gasteiger partial charge is 0.505 e.